The molecule has 0 fully saturated rings. The summed E-state index contributed by atoms with van der Waals surface area (Å²) in [5.41, 5.74) is 5.90. The number of allylic oxidation sites excluding steroid dienone is 1. The Balaban J connectivity index is 0. The SMILES string of the molecule is CCCCCCCCCCCCCCCCC=CCC(C)(C)N.Cl. The van der Waals surface area contributed by atoms with Crippen LogP contribution >= 0.6 is 12.4 Å². The lowest BCUT2D eigenvalue weighted by molar-refractivity contribution is 0.526. The predicted octanol–water partition coefficient (Wildman–Crippen LogP) is 7.96. The van der Waals surface area contributed by atoms with E-state index in [0.29, 0.717) is 0 Å². The number of hydrogen-bond acceptors (Lipinski definition) is 1. The molecule has 0 spiro atoms. The van der Waals surface area contributed by atoms with Crippen molar-refractivity contribution in [3.63, 3.8) is 0 Å². The molecule has 0 aromatic carbocycles. The van der Waals surface area contributed by atoms with Crippen molar-refractivity contribution in [3.05, 3.63) is 12.2 Å². The molecule has 0 aliphatic carbocycles. The van der Waals surface area contributed by atoms with E-state index in [0.717, 1.165) is 6.42 Å². The van der Waals surface area contributed by atoms with Crippen LogP contribution in [0.5, 0.6) is 0 Å². The molecule has 0 unspecified atom stereocenters. The number of nitrogens with two attached hydrogens (primary N) is 1. The summed E-state index contributed by atoms with van der Waals surface area (Å²) in [5, 5.41) is 0. The van der Waals surface area contributed by atoms with Gasteiger partial charge in [-0.2, -0.15) is 0 Å². The van der Waals surface area contributed by atoms with Gasteiger partial charge in [0, 0.05) is 5.54 Å². The first-order valence-corrected chi connectivity index (χ1v) is 10.5. The van der Waals surface area contributed by atoms with E-state index in [1.165, 1.54) is 96.3 Å². The maximum atomic E-state index is 5.95. The van der Waals surface area contributed by atoms with Gasteiger partial charge in [-0.25, -0.2) is 0 Å². The van der Waals surface area contributed by atoms with Crippen molar-refractivity contribution in [2.75, 3.05) is 0 Å². The van der Waals surface area contributed by atoms with Crippen molar-refractivity contribution >= 4 is 12.4 Å². The second-order valence-corrected chi connectivity index (χ2v) is 8.05. The Hall–Kier alpha value is -0.0100. The van der Waals surface area contributed by atoms with Gasteiger partial charge in [-0.1, -0.05) is 103 Å². The zero-order chi connectivity index (χ0) is 17.2. The third-order valence-electron chi connectivity index (χ3n) is 4.53. The number of hydrogen-bond donors (Lipinski definition) is 1. The first-order chi connectivity index (χ1) is 11.1. The zero-order valence-corrected chi connectivity index (χ0v) is 17.8. The van der Waals surface area contributed by atoms with Gasteiger partial charge in [0.2, 0.25) is 0 Å². The third-order valence-corrected chi connectivity index (χ3v) is 4.53. The molecule has 0 rings (SSSR count). The highest BCUT2D eigenvalue weighted by atomic mass is 35.5. The number of halogens is 1. The second kappa shape index (κ2) is 19.3. The lowest BCUT2D eigenvalue weighted by Crippen LogP contribution is -2.30. The lowest BCUT2D eigenvalue weighted by Gasteiger charge is -2.14. The minimum atomic E-state index is -0.0496. The molecule has 0 aliphatic heterocycles. The Kier molecular flexibility index (Phi) is 21.1. The van der Waals surface area contributed by atoms with Crippen LogP contribution in [-0.4, -0.2) is 5.54 Å². The van der Waals surface area contributed by atoms with Crippen molar-refractivity contribution in [3.8, 4) is 0 Å². The van der Waals surface area contributed by atoms with Crippen LogP contribution in [0.25, 0.3) is 0 Å². The molecule has 0 radical (unpaired) electrons. The standard InChI is InChI=1S/C22H45N.ClH/c1-4-5-6-7-8-9-10-11-12-13-14-15-16-17-18-19-20-21-22(2,3)23;/h19-20H,4-18,21,23H2,1-3H3;1H. The summed E-state index contributed by atoms with van der Waals surface area (Å²) in [4.78, 5) is 0. The molecule has 0 saturated carbocycles. The molecule has 1 nitrogen and oxygen atoms in total. The van der Waals surface area contributed by atoms with E-state index in [1.807, 2.05) is 0 Å². The van der Waals surface area contributed by atoms with Gasteiger partial charge in [0.25, 0.3) is 0 Å². The van der Waals surface area contributed by atoms with Crippen molar-refractivity contribution in [1.29, 1.82) is 0 Å². The summed E-state index contributed by atoms with van der Waals surface area (Å²) in [7, 11) is 0. The lowest BCUT2D eigenvalue weighted by atomic mass is 10.0. The van der Waals surface area contributed by atoms with Crippen molar-refractivity contribution in [2.45, 2.75) is 129 Å². The van der Waals surface area contributed by atoms with E-state index in [-0.39, 0.29) is 17.9 Å². The Morgan fingerprint density at radius 2 is 1.00 bits per heavy atom. The predicted molar refractivity (Wildman–Crippen MR) is 114 cm³/mol. The molecule has 0 bridgehead atoms. The first-order valence-electron chi connectivity index (χ1n) is 10.5. The van der Waals surface area contributed by atoms with E-state index < -0.39 is 0 Å². The minimum absolute atomic E-state index is 0. The Morgan fingerprint density at radius 3 is 1.38 bits per heavy atom. The maximum Gasteiger partial charge on any atom is 0.0132 e. The quantitative estimate of drug-likeness (QED) is 0.207. The first kappa shape index (κ1) is 26.2. The summed E-state index contributed by atoms with van der Waals surface area (Å²) >= 11 is 0. The van der Waals surface area contributed by atoms with Crippen molar-refractivity contribution < 1.29 is 0 Å². The fourth-order valence-corrected chi connectivity index (χ4v) is 2.96. The van der Waals surface area contributed by atoms with Gasteiger partial charge in [0.05, 0.1) is 0 Å². The average molecular weight is 360 g/mol. The fraction of sp³-hybridized carbons (Fsp3) is 0.909. The third kappa shape index (κ3) is 24.2. The minimum Gasteiger partial charge on any atom is -0.325 e. The number of rotatable bonds is 17. The normalized spacial score (nSPS) is 11.8. The molecule has 0 aliphatic rings. The van der Waals surface area contributed by atoms with Gasteiger partial charge in [0.15, 0.2) is 0 Å². The summed E-state index contributed by atoms with van der Waals surface area (Å²) in [5.74, 6) is 0. The van der Waals surface area contributed by atoms with E-state index >= 15 is 0 Å². The van der Waals surface area contributed by atoms with Gasteiger partial charge >= 0.3 is 0 Å². The van der Waals surface area contributed by atoms with Crippen LogP contribution in [0.2, 0.25) is 0 Å². The largest absolute Gasteiger partial charge is 0.325 e. The molecule has 0 aromatic heterocycles. The van der Waals surface area contributed by atoms with Gasteiger partial charge in [-0.3, -0.25) is 0 Å². The number of unbranched alkanes of at least 4 members (excludes halogenated alkanes) is 14. The van der Waals surface area contributed by atoms with Crippen LogP contribution in [0.1, 0.15) is 124 Å². The highest BCUT2D eigenvalue weighted by Crippen LogP contribution is 2.13. The van der Waals surface area contributed by atoms with E-state index in [4.69, 9.17) is 5.73 Å². The molecular weight excluding hydrogens is 314 g/mol. The molecule has 2 heteroatoms. The van der Waals surface area contributed by atoms with Crippen molar-refractivity contribution in [1.82, 2.24) is 0 Å². The molecule has 24 heavy (non-hydrogen) atoms. The monoisotopic (exact) mass is 359 g/mol. The summed E-state index contributed by atoms with van der Waals surface area (Å²) in [6.07, 6.45) is 26.9. The smallest absolute Gasteiger partial charge is 0.0132 e. The fourth-order valence-electron chi connectivity index (χ4n) is 2.96. The topological polar surface area (TPSA) is 26.0 Å². The summed E-state index contributed by atoms with van der Waals surface area (Å²) < 4.78 is 0. The van der Waals surface area contributed by atoms with Crippen LogP contribution in [0.15, 0.2) is 12.2 Å². The Bertz CT molecular complexity index is 255. The van der Waals surface area contributed by atoms with Crippen LogP contribution in [0.3, 0.4) is 0 Å². The Morgan fingerprint density at radius 1 is 0.625 bits per heavy atom. The van der Waals surface area contributed by atoms with Crippen molar-refractivity contribution in [2.24, 2.45) is 5.73 Å². The molecule has 0 atom stereocenters. The van der Waals surface area contributed by atoms with E-state index in [1.54, 1.807) is 0 Å². The Labute approximate surface area is 159 Å². The molecule has 0 aromatic rings. The second-order valence-electron chi connectivity index (χ2n) is 8.05. The van der Waals surface area contributed by atoms with Gasteiger partial charge in [0.1, 0.15) is 0 Å². The average Bonchev–Trinajstić information content (AvgIpc) is 2.49. The molecule has 0 heterocycles. The van der Waals surface area contributed by atoms with Gasteiger partial charge in [-0.05, 0) is 33.1 Å². The molecule has 0 amide bonds. The molecule has 2 N–H and O–H groups in total. The van der Waals surface area contributed by atoms with Gasteiger partial charge < -0.3 is 5.73 Å². The van der Waals surface area contributed by atoms with Gasteiger partial charge in [-0.15, -0.1) is 12.4 Å². The molecule has 0 saturated heterocycles. The highest BCUT2D eigenvalue weighted by molar-refractivity contribution is 5.85. The highest BCUT2D eigenvalue weighted by Gasteiger charge is 2.06. The molecular formula is C22H46ClN. The van der Waals surface area contributed by atoms with Crippen LogP contribution in [0.4, 0.5) is 0 Å². The maximum absolute atomic E-state index is 5.95. The molecule has 146 valence electrons. The van der Waals surface area contributed by atoms with Crippen LogP contribution in [0, 0.1) is 0 Å². The summed E-state index contributed by atoms with van der Waals surface area (Å²) in [6, 6.07) is 0. The van der Waals surface area contributed by atoms with E-state index in [9.17, 15) is 0 Å². The van der Waals surface area contributed by atoms with E-state index in [2.05, 4.69) is 32.9 Å². The van der Waals surface area contributed by atoms with Crippen LogP contribution < -0.4 is 5.73 Å². The summed E-state index contributed by atoms with van der Waals surface area (Å²) in [6.45, 7) is 6.47. The van der Waals surface area contributed by atoms with Crippen LogP contribution in [-0.2, 0) is 0 Å². The zero-order valence-electron chi connectivity index (χ0n) is 17.0.